The fraction of sp³-hybridized carbons (Fsp3) is 0.462. The molecular weight excluding hydrogens is 278 g/mol. The minimum Gasteiger partial charge on any atom is -0.326 e. The molecule has 0 aliphatic carbocycles. The number of primary sulfonamides is 1. The minimum atomic E-state index is -3.79. The second-order valence-corrected chi connectivity index (χ2v) is 6.63. The maximum atomic E-state index is 12.2. The Balaban J connectivity index is 2.24. The molecule has 0 radical (unpaired) electrons. The van der Waals surface area contributed by atoms with Crippen molar-refractivity contribution >= 4 is 21.6 Å². The first-order chi connectivity index (χ1) is 9.30. The Morgan fingerprint density at radius 3 is 2.70 bits per heavy atom. The van der Waals surface area contributed by atoms with Gasteiger partial charge < -0.3 is 10.6 Å². The van der Waals surface area contributed by atoms with Gasteiger partial charge in [-0.3, -0.25) is 4.79 Å². The molecule has 1 amide bonds. The number of rotatable bonds is 3. The molecule has 1 fully saturated rings. The molecule has 1 aliphatic heterocycles. The number of nitrogens with one attached hydrogen (secondary N) is 2. The molecule has 0 bridgehead atoms. The van der Waals surface area contributed by atoms with E-state index in [-0.39, 0.29) is 22.8 Å². The zero-order valence-corrected chi connectivity index (χ0v) is 12.3. The molecule has 1 aromatic carbocycles. The van der Waals surface area contributed by atoms with Crippen molar-refractivity contribution in [1.29, 1.82) is 0 Å². The van der Waals surface area contributed by atoms with E-state index in [9.17, 15) is 13.2 Å². The van der Waals surface area contributed by atoms with E-state index < -0.39 is 10.0 Å². The number of carbonyl (C=O) groups excluding carboxylic acids is 1. The number of hydrogen-bond acceptors (Lipinski definition) is 4. The summed E-state index contributed by atoms with van der Waals surface area (Å²) < 4.78 is 22.9. The molecule has 7 heteroatoms. The summed E-state index contributed by atoms with van der Waals surface area (Å²) >= 11 is 0. The first kappa shape index (κ1) is 15.0. The summed E-state index contributed by atoms with van der Waals surface area (Å²) in [6, 6.07) is 4.80. The Hall–Kier alpha value is -1.44. The lowest BCUT2D eigenvalue weighted by Gasteiger charge is -2.17. The van der Waals surface area contributed by atoms with Crippen molar-refractivity contribution in [2.24, 2.45) is 11.1 Å². The fourth-order valence-electron chi connectivity index (χ4n) is 2.50. The lowest BCUT2D eigenvalue weighted by Crippen LogP contribution is -2.32. The Labute approximate surface area is 118 Å². The van der Waals surface area contributed by atoms with Crippen LogP contribution in [0.15, 0.2) is 23.1 Å². The summed E-state index contributed by atoms with van der Waals surface area (Å²) in [5.74, 6) is -0.204. The van der Waals surface area contributed by atoms with E-state index >= 15 is 0 Å². The maximum Gasteiger partial charge on any atom is 0.238 e. The highest BCUT2D eigenvalue weighted by Crippen LogP contribution is 2.24. The van der Waals surface area contributed by atoms with Crippen LogP contribution in [0.4, 0.5) is 5.69 Å². The molecular formula is C13H19N3O3S. The van der Waals surface area contributed by atoms with Crippen molar-refractivity contribution in [3.8, 4) is 0 Å². The Bertz CT molecular complexity index is 628. The predicted octanol–water partition coefficient (Wildman–Crippen LogP) is 0.579. The molecule has 110 valence electrons. The van der Waals surface area contributed by atoms with Gasteiger partial charge in [0.15, 0.2) is 0 Å². The van der Waals surface area contributed by atoms with Crippen molar-refractivity contribution in [3.05, 3.63) is 23.8 Å². The summed E-state index contributed by atoms with van der Waals surface area (Å²) in [5.41, 5.74) is 0.947. The van der Waals surface area contributed by atoms with Gasteiger partial charge in [-0.2, -0.15) is 0 Å². The van der Waals surface area contributed by atoms with Crippen molar-refractivity contribution in [2.45, 2.75) is 31.2 Å². The van der Waals surface area contributed by atoms with Gasteiger partial charge in [-0.25, -0.2) is 13.6 Å². The summed E-state index contributed by atoms with van der Waals surface area (Å²) in [6.07, 6.45) is 0.779. The molecule has 6 nitrogen and oxygen atoms in total. The Morgan fingerprint density at radius 1 is 1.45 bits per heavy atom. The summed E-state index contributed by atoms with van der Waals surface area (Å²) in [5, 5.41) is 11.2. The maximum absolute atomic E-state index is 12.2. The molecule has 4 N–H and O–H groups in total. The van der Waals surface area contributed by atoms with Crippen LogP contribution in [0.5, 0.6) is 0 Å². The van der Waals surface area contributed by atoms with Crippen LogP contribution in [0.2, 0.25) is 0 Å². The number of nitrogens with two attached hydrogens (primary N) is 1. The number of carbonyl (C=O) groups is 1. The van der Waals surface area contributed by atoms with Crippen molar-refractivity contribution in [2.75, 3.05) is 11.9 Å². The average Bonchev–Trinajstić information content (AvgIpc) is 2.76. The van der Waals surface area contributed by atoms with E-state index in [0.29, 0.717) is 11.3 Å². The highest BCUT2D eigenvalue weighted by Gasteiger charge is 2.29. The van der Waals surface area contributed by atoms with E-state index in [1.807, 2.05) is 6.92 Å². The topological polar surface area (TPSA) is 101 Å². The monoisotopic (exact) mass is 297 g/mol. The van der Waals surface area contributed by atoms with Gasteiger partial charge in [0.2, 0.25) is 15.9 Å². The third-order valence-corrected chi connectivity index (χ3v) is 4.77. The summed E-state index contributed by atoms with van der Waals surface area (Å²) in [6.45, 7) is 4.41. The molecule has 1 saturated heterocycles. The standard InChI is InChI=1S/C13H19N3O3S/c1-8-11(4-3-5-12(8)20(14,18)19)16-13(17)10-6-7-15-9(10)2/h3-5,9-10,15H,6-7H2,1-2H3,(H,16,17)(H2,14,18,19). The highest BCUT2D eigenvalue weighted by atomic mass is 32.2. The van der Waals surface area contributed by atoms with Gasteiger partial charge in [0.1, 0.15) is 0 Å². The van der Waals surface area contributed by atoms with Crippen molar-refractivity contribution in [1.82, 2.24) is 5.32 Å². The molecule has 0 saturated carbocycles. The van der Waals surface area contributed by atoms with Gasteiger partial charge in [0, 0.05) is 11.7 Å². The van der Waals surface area contributed by atoms with Crippen LogP contribution in [-0.2, 0) is 14.8 Å². The summed E-state index contributed by atoms with van der Waals surface area (Å²) in [4.78, 5) is 12.2. The van der Waals surface area contributed by atoms with E-state index in [0.717, 1.165) is 13.0 Å². The third kappa shape index (κ3) is 3.00. The van der Waals surface area contributed by atoms with Crippen LogP contribution in [-0.4, -0.2) is 26.9 Å². The Kier molecular flexibility index (Phi) is 4.12. The minimum absolute atomic E-state index is 0.0351. The summed E-state index contributed by atoms with van der Waals surface area (Å²) in [7, 11) is -3.79. The Morgan fingerprint density at radius 2 is 2.15 bits per heavy atom. The SMILES string of the molecule is Cc1c(NC(=O)C2CCNC2C)cccc1S(N)(=O)=O. The van der Waals surface area contributed by atoms with Gasteiger partial charge in [-0.05, 0) is 44.5 Å². The van der Waals surface area contributed by atoms with Gasteiger partial charge >= 0.3 is 0 Å². The number of sulfonamides is 1. The predicted molar refractivity (Wildman–Crippen MR) is 76.8 cm³/mol. The number of benzene rings is 1. The zero-order chi connectivity index (χ0) is 14.9. The first-order valence-corrected chi connectivity index (χ1v) is 8.02. The van der Waals surface area contributed by atoms with Gasteiger partial charge in [-0.1, -0.05) is 6.07 Å². The lowest BCUT2D eigenvalue weighted by atomic mass is 10.0. The first-order valence-electron chi connectivity index (χ1n) is 6.47. The van der Waals surface area contributed by atoms with Gasteiger partial charge in [0.25, 0.3) is 0 Å². The molecule has 20 heavy (non-hydrogen) atoms. The molecule has 2 rings (SSSR count). The lowest BCUT2D eigenvalue weighted by molar-refractivity contribution is -0.120. The van der Waals surface area contributed by atoms with Crippen LogP contribution in [0.1, 0.15) is 18.9 Å². The number of hydrogen-bond donors (Lipinski definition) is 3. The molecule has 1 aromatic rings. The van der Waals surface area contributed by atoms with E-state index in [4.69, 9.17) is 5.14 Å². The van der Waals surface area contributed by atoms with Gasteiger partial charge in [0.05, 0.1) is 10.8 Å². The molecule has 0 spiro atoms. The second kappa shape index (κ2) is 5.51. The number of amides is 1. The van der Waals surface area contributed by atoms with Gasteiger partial charge in [-0.15, -0.1) is 0 Å². The van der Waals surface area contributed by atoms with E-state index in [2.05, 4.69) is 10.6 Å². The molecule has 1 heterocycles. The van der Waals surface area contributed by atoms with Crippen molar-refractivity contribution in [3.63, 3.8) is 0 Å². The molecule has 0 aromatic heterocycles. The van der Waals surface area contributed by atoms with E-state index in [1.54, 1.807) is 19.1 Å². The fourth-order valence-corrected chi connectivity index (χ4v) is 3.31. The quantitative estimate of drug-likeness (QED) is 0.759. The largest absolute Gasteiger partial charge is 0.326 e. The molecule has 1 aliphatic rings. The zero-order valence-electron chi connectivity index (χ0n) is 11.5. The van der Waals surface area contributed by atoms with Crippen LogP contribution in [0.25, 0.3) is 0 Å². The normalized spacial score (nSPS) is 22.8. The highest BCUT2D eigenvalue weighted by molar-refractivity contribution is 7.89. The van der Waals surface area contributed by atoms with Crippen LogP contribution in [0.3, 0.4) is 0 Å². The molecule has 2 unspecified atom stereocenters. The number of anilines is 1. The third-order valence-electron chi connectivity index (χ3n) is 3.71. The second-order valence-electron chi connectivity index (χ2n) is 5.10. The smallest absolute Gasteiger partial charge is 0.238 e. The van der Waals surface area contributed by atoms with Crippen LogP contribution < -0.4 is 15.8 Å². The van der Waals surface area contributed by atoms with Crippen molar-refractivity contribution < 1.29 is 13.2 Å². The average molecular weight is 297 g/mol. The van der Waals surface area contributed by atoms with E-state index in [1.165, 1.54) is 6.07 Å². The molecule has 2 atom stereocenters. The van der Waals surface area contributed by atoms with Crippen LogP contribution >= 0.6 is 0 Å². The van der Waals surface area contributed by atoms with Crippen LogP contribution in [0, 0.1) is 12.8 Å².